The van der Waals surface area contributed by atoms with Crippen LogP contribution in [0.2, 0.25) is 0 Å². The van der Waals surface area contributed by atoms with Crippen molar-refractivity contribution in [1.82, 2.24) is 10.3 Å². The van der Waals surface area contributed by atoms with Gasteiger partial charge in [-0.3, -0.25) is 9.78 Å². The van der Waals surface area contributed by atoms with Gasteiger partial charge < -0.3 is 10.6 Å². The Bertz CT molecular complexity index is 596. The first-order chi connectivity index (χ1) is 9.72. The minimum absolute atomic E-state index is 0.174. The van der Waals surface area contributed by atoms with E-state index in [4.69, 9.17) is 0 Å². The minimum atomic E-state index is -0.174. The lowest BCUT2D eigenvalue weighted by Crippen LogP contribution is -2.18. The van der Waals surface area contributed by atoms with Crippen molar-refractivity contribution in [2.75, 3.05) is 11.9 Å². The molecule has 0 radical (unpaired) electrons. The van der Waals surface area contributed by atoms with Gasteiger partial charge in [0.05, 0.1) is 0 Å². The first-order valence-corrected chi connectivity index (χ1v) is 6.74. The van der Waals surface area contributed by atoms with E-state index in [1.165, 1.54) is 0 Å². The van der Waals surface area contributed by atoms with E-state index in [-0.39, 0.29) is 5.91 Å². The number of hydrogen-bond donors (Lipinski definition) is 2. The molecule has 0 aliphatic carbocycles. The van der Waals surface area contributed by atoms with Crippen molar-refractivity contribution in [2.45, 2.75) is 20.4 Å². The lowest BCUT2D eigenvalue weighted by Gasteiger charge is -2.11. The largest absolute Gasteiger partial charge is 0.320 e. The third-order valence-electron chi connectivity index (χ3n) is 3.06. The highest BCUT2D eigenvalue weighted by atomic mass is 16.1. The van der Waals surface area contributed by atoms with E-state index in [9.17, 15) is 4.79 Å². The summed E-state index contributed by atoms with van der Waals surface area (Å²) in [6.45, 7) is 5.56. The Morgan fingerprint density at radius 1 is 1.20 bits per heavy atom. The molecule has 0 bridgehead atoms. The van der Waals surface area contributed by atoms with Gasteiger partial charge in [-0.15, -0.1) is 0 Å². The summed E-state index contributed by atoms with van der Waals surface area (Å²) in [5, 5.41) is 6.20. The molecule has 2 aromatic rings. The van der Waals surface area contributed by atoms with Crippen LogP contribution >= 0.6 is 0 Å². The Morgan fingerprint density at radius 3 is 2.75 bits per heavy atom. The Kier molecular flexibility index (Phi) is 4.85. The number of pyridine rings is 1. The zero-order valence-corrected chi connectivity index (χ0v) is 11.8. The van der Waals surface area contributed by atoms with E-state index in [2.05, 4.69) is 22.5 Å². The summed E-state index contributed by atoms with van der Waals surface area (Å²) in [7, 11) is 0. The quantitative estimate of drug-likeness (QED) is 0.877. The van der Waals surface area contributed by atoms with Gasteiger partial charge in [-0.2, -0.15) is 0 Å². The van der Waals surface area contributed by atoms with E-state index in [0.29, 0.717) is 5.69 Å². The molecule has 4 nitrogen and oxygen atoms in total. The van der Waals surface area contributed by atoms with Gasteiger partial charge in [0.15, 0.2) is 0 Å². The highest BCUT2D eigenvalue weighted by Crippen LogP contribution is 2.16. The van der Waals surface area contributed by atoms with E-state index in [0.717, 1.165) is 29.9 Å². The van der Waals surface area contributed by atoms with Gasteiger partial charge in [0.2, 0.25) is 0 Å². The third-order valence-corrected chi connectivity index (χ3v) is 3.06. The maximum Gasteiger partial charge on any atom is 0.274 e. The maximum absolute atomic E-state index is 12.3. The normalized spacial score (nSPS) is 10.3. The lowest BCUT2D eigenvalue weighted by atomic mass is 10.1. The van der Waals surface area contributed by atoms with Crippen LogP contribution in [-0.2, 0) is 6.54 Å². The zero-order chi connectivity index (χ0) is 14.4. The van der Waals surface area contributed by atoms with Gasteiger partial charge in [-0.05, 0) is 36.7 Å². The Hall–Kier alpha value is -2.20. The zero-order valence-electron chi connectivity index (χ0n) is 11.8. The number of nitrogens with zero attached hydrogens (tertiary/aromatic N) is 1. The molecule has 1 heterocycles. The van der Waals surface area contributed by atoms with Crippen molar-refractivity contribution in [3.63, 3.8) is 0 Å². The fourth-order valence-corrected chi connectivity index (χ4v) is 1.96. The average Bonchev–Trinajstić information content (AvgIpc) is 2.46. The highest BCUT2D eigenvalue weighted by Gasteiger charge is 2.11. The van der Waals surface area contributed by atoms with Gasteiger partial charge in [0, 0.05) is 18.4 Å². The number of anilines is 1. The van der Waals surface area contributed by atoms with E-state index in [1.807, 2.05) is 43.3 Å². The number of rotatable bonds is 5. The fraction of sp³-hybridized carbons (Fsp3) is 0.250. The van der Waals surface area contributed by atoms with Gasteiger partial charge >= 0.3 is 0 Å². The predicted octanol–water partition coefficient (Wildman–Crippen LogP) is 2.75. The van der Waals surface area contributed by atoms with Crippen LogP contribution in [0.15, 0.2) is 42.6 Å². The molecule has 2 N–H and O–H groups in total. The van der Waals surface area contributed by atoms with Crippen LogP contribution in [0.1, 0.15) is 28.5 Å². The fourth-order valence-electron chi connectivity index (χ4n) is 1.96. The summed E-state index contributed by atoms with van der Waals surface area (Å²) in [6, 6.07) is 11.5. The molecule has 1 aromatic heterocycles. The number of aromatic nitrogens is 1. The number of para-hydroxylation sites is 1. The van der Waals surface area contributed by atoms with Crippen LogP contribution in [-0.4, -0.2) is 17.4 Å². The molecule has 1 amide bonds. The molecule has 4 heteroatoms. The van der Waals surface area contributed by atoms with Crippen molar-refractivity contribution in [2.24, 2.45) is 0 Å². The highest BCUT2D eigenvalue weighted by molar-refractivity contribution is 6.04. The number of aryl methyl sites for hydroxylation is 1. The SMILES string of the molecule is CCNCc1ccccc1NC(=O)c1ncccc1C. The van der Waals surface area contributed by atoms with Gasteiger partial charge in [0.1, 0.15) is 5.69 Å². The maximum atomic E-state index is 12.3. The molecule has 0 fully saturated rings. The second-order valence-electron chi connectivity index (χ2n) is 4.56. The van der Waals surface area contributed by atoms with Gasteiger partial charge in [0.25, 0.3) is 5.91 Å². The molecule has 1 aromatic carbocycles. The molecule has 0 aliphatic heterocycles. The topological polar surface area (TPSA) is 54.0 Å². The summed E-state index contributed by atoms with van der Waals surface area (Å²) in [5.41, 5.74) is 3.22. The van der Waals surface area contributed by atoms with Gasteiger partial charge in [-0.1, -0.05) is 31.2 Å². The number of hydrogen-bond acceptors (Lipinski definition) is 3. The van der Waals surface area contributed by atoms with Crippen molar-refractivity contribution in [1.29, 1.82) is 0 Å². The van der Waals surface area contributed by atoms with E-state index < -0.39 is 0 Å². The van der Waals surface area contributed by atoms with Crippen LogP contribution in [0.5, 0.6) is 0 Å². The summed E-state index contributed by atoms with van der Waals surface area (Å²) in [5.74, 6) is -0.174. The Labute approximate surface area is 119 Å². The van der Waals surface area contributed by atoms with Gasteiger partial charge in [-0.25, -0.2) is 0 Å². The number of nitrogens with one attached hydrogen (secondary N) is 2. The minimum Gasteiger partial charge on any atom is -0.320 e. The van der Waals surface area contributed by atoms with E-state index >= 15 is 0 Å². The standard InChI is InChI=1S/C16H19N3O/c1-3-17-11-13-8-4-5-9-14(13)19-16(20)15-12(2)7-6-10-18-15/h4-10,17H,3,11H2,1-2H3,(H,19,20). The summed E-state index contributed by atoms with van der Waals surface area (Å²) >= 11 is 0. The third kappa shape index (κ3) is 3.42. The molecule has 104 valence electrons. The number of carbonyl (C=O) groups is 1. The van der Waals surface area contributed by atoms with Crippen LogP contribution in [0.3, 0.4) is 0 Å². The first kappa shape index (κ1) is 14.2. The van der Waals surface area contributed by atoms with Crippen LogP contribution in [0.4, 0.5) is 5.69 Å². The number of carbonyl (C=O) groups excluding carboxylic acids is 1. The predicted molar refractivity (Wildman–Crippen MR) is 80.7 cm³/mol. The monoisotopic (exact) mass is 269 g/mol. The second-order valence-corrected chi connectivity index (χ2v) is 4.56. The molecular formula is C16H19N3O. The molecule has 0 aliphatic rings. The van der Waals surface area contributed by atoms with E-state index in [1.54, 1.807) is 6.20 Å². The molecule has 0 atom stereocenters. The van der Waals surface area contributed by atoms with Crippen molar-refractivity contribution in [3.8, 4) is 0 Å². The molecular weight excluding hydrogens is 250 g/mol. The molecule has 0 saturated heterocycles. The van der Waals surface area contributed by atoms with Crippen LogP contribution in [0, 0.1) is 6.92 Å². The lowest BCUT2D eigenvalue weighted by molar-refractivity contribution is 0.102. The first-order valence-electron chi connectivity index (χ1n) is 6.74. The molecule has 2 rings (SSSR count). The Morgan fingerprint density at radius 2 is 2.00 bits per heavy atom. The average molecular weight is 269 g/mol. The molecule has 0 saturated carbocycles. The van der Waals surface area contributed by atoms with Crippen molar-refractivity contribution in [3.05, 3.63) is 59.4 Å². The van der Waals surface area contributed by atoms with Crippen LogP contribution in [0.25, 0.3) is 0 Å². The summed E-state index contributed by atoms with van der Waals surface area (Å²) < 4.78 is 0. The summed E-state index contributed by atoms with van der Waals surface area (Å²) in [6.07, 6.45) is 1.63. The number of amides is 1. The van der Waals surface area contributed by atoms with Crippen molar-refractivity contribution < 1.29 is 4.79 Å². The Balaban J connectivity index is 2.18. The number of benzene rings is 1. The molecule has 0 spiro atoms. The molecule has 0 unspecified atom stereocenters. The van der Waals surface area contributed by atoms with Crippen molar-refractivity contribution >= 4 is 11.6 Å². The molecule has 20 heavy (non-hydrogen) atoms. The van der Waals surface area contributed by atoms with Crippen LogP contribution < -0.4 is 10.6 Å². The smallest absolute Gasteiger partial charge is 0.274 e. The summed E-state index contributed by atoms with van der Waals surface area (Å²) in [4.78, 5) is 16.4. The second kappa shape index (κ2) is 6.82.